The van der Waals surface area contributed by atoms with E-state index in [-0.39, 0.29) is 24.8 Å². The van der Waals surface area contributed by atoms with E-state index in [4.69, 9.17) is 19.7 Å². The van der Waals surface area contributed by atoms with Crippen molar-refractivity contribution in [3.8, 4) is 0 Å². The molecule has 0 saturated carbocycles. The molecule has 1 aromatic carbocycles. The Kier molecular flexibility index (Phi) is 5.89. The van der Waals surface area contributed by atoms with E-state index in [1.54, 1.807) is 24.3 Å². The van der Waals surface area contributed by atoms with E-state index in [2.05, 4.69) is 10.3 Å². The zero-order valence-corrected chi connectivity index (χ0v) is 16.6. The van der Waals surface area contributed by atoms with E-state index >= 15 is 0 Å². The molecule has 1 saturated heterocycles. The fourth-order valence-corrected chi connectivity index (χ4v) is 3.52. The molecule has 3 heterocycles. The summed E-state index contributed by atoms with van der Waals surface area (Å²) >= 11 is 0. The number of hydrogen-bond donors (Lipinski definition) is 5. The van der Waals surface area contributed by atoms with Gasteiger partial charge in [0, 0.05) is 0 Å². The quantitative estimate of drug-likeness (QED) is 0.373. The van der Waals surface area contributed by atoms with Crippen LogP contribution < -0.4 is 5.32 Å². The topological polar surface area (TPSA) is 162 Å². The van der Waals surface area contributed by atoms with Crippen LogP contribution in [0.4, 0.5) is 5.82 Å². The number of nitrogens with zero attached hydrogens (tertiary/aromatic N) is 3. The van der Waals surface area contributed by atoms with Crippen LogP contribution >= 0.6 is 0 Å². The maximum atomic E-state index is 11.7. The zero-order valence-electron chi connectivity index (χ0n) is 16.6. The molecule has 166 valence electrons. The Hall–Kier alpha value is -3.03. The Labute approximate surface area is 177 Å². The van der Waals surface area contributed by atoms with Gasteiger partial charge in [-0.15, -0.1) is 0 Å². The van der Waals surface area contributed by atoms with Crippen molar-refractivity contribution >= 4 is 17.6 Å². The highest BCUT2D eigenvalue weighted by Crippen LogP contribution is 2.34. The van der Waals surface area contributed by atoms with Gasteiger partial charge in [0.15, 0.2) is 12.1 Å². The van der Waals surface area contributed by atoms with E-state index in [1.165, 1.54) is 23.1 Å². The van der Waals surface area contributed by atoms with E-state index in [1.807, 2.05) is 0 Å². The minimum atomic E-state index is -1.26. The third-order valence-electron chi connectivity index (χ3n) is 5.18. The predicted octanol–water partition coefficient (Wildman–Crippen LogP) is -0.577. The average Bonchev–Trinajstić information content (AvgIpc) is 3.34. The Morgan fingerprint density at radius 1 is 1.39 bits per heavy atom. The lowest BCUT2D eigenvalue weighted by Crippen LogP contribution is -2.41. The van der Waals surface area contributed by atoms with Crippen LogP contribution in [0.1, 0.15) is 27.8 Å². The van der Waals surface area contributed by atoms with Gasteiger partial charge in [-0.25, -0.2) is 14.8 Å². The van der Waals surface area contributed by atoms with E-state index in [9.17, 15) is 20.1 Å². The van der Waals surface area contributed by atoms with Crippen molar-refractivity contribution < 1.29 is 34.4 Å². The normalized spacial score (nSPS) is 25.3. The second kappa shape index (κ2) is 8.61. The second-order valence-electron chi connectivity index (χ2n) is 7.11. The van der Waals surface area contributed by atoms with E-state index in [0.29, 0.717) is 11.4 Å². The molecule has 0 unspecified atom stereocenters. The first-order chi connectivity index (χ1) is 14.9. The van der Waals surface area contributed by atoms with Crippen molar-refractivity contribution in [1.29, 1.82) is 5.41 Å². The van der Waals surface area contributed by atoms with Gasteiger partial charge < -0.3 is 30.1 Å². The number of ether oxygens (including phenoxy) is 2. The summed E-state index contributed by atoms with van der Waals surface area (Å²) in [6.07, 6.45) is -2.99. The monoisotopic (exact) mass is 433 g/mol. The molecule has 2 aliphatic rings. The first-order valence-electron chi connectivity index (χ1n) is 9.54. The maximum Gasteiger partial charge on any atom is 0.337 e. The average molecular weight is 433 g/mol. The molecule has 0 spiro atoms. The number of aromatic nitrogens is 2. The van der Waals surface area contributed by atoms with Crippen LogP contribution in [0.2, 0.25) is 0 Å². The summed E-state index contributed by atoms with van der Waals surface area (Å²) in [4.78, 5) is 21.6. The molecule has 0 radical (unpaired) electrons. The van der Waals surface area contributed by atoms with Gasteiger partial charge in [0.2, 0.25) is 0 Å². The number of hydroxylamine groups is 2. The van der Waals surface area contributed by atoms with Crippen molar-refractivity contribution in [2.45, 2.75) is 31.1 Å². The summed E-state index contributed by atoms with van der Waals surface area (Å²) in [5.41, 5.74) is 1.39. The summed E-state index contributed by atoms with van der Waals surface area (Å²) in [6.45, 7) is -0.212. The van der Waals surface area contributed by atoms with Crippen LogP contribution in [0, 0.1) is 5.41 Å². The first-order valence-corrected chi connectivity index (χ1v) is 9.54. The van der Waals surface area contributed by atoms with Gasteiger partial charge in [-0.3, -0.25) is 14.8 Å². The lowest BCUT2D eigenvalue weighted by molar-refractivity contribution is -0.108. The van der Waals surface area contributed by atoms with Crippen LogP contribution in [0.5, 0.6) is 0 Å². The van der Waals surface area contributed by atoms with Crippen molar-refractivity contribution in [2.24, 2.45) is 0 Å². The molecule has 1 fully saturated rings. The van der Waals surface area contributed by atoms with E-state index < -0.39 is 37.1 Å². The number of carbonyl (C=O) groups is 1. The number of benzene rings is 1. The summed E-state index contributed by atoms with van der Waals surface area (Å²) in [5, 5.41) is 42.3. The maximum absolute atomic E-state index is 11.7. The van der Waals surface area contributed by atoms with Crippen molar-refractivity contribution in [1.82, 2.24) is 14.6 Å². The minimum absolute atomic E-state index is 0.0108. The molecule has 2 aliphatic heterocycles. The lowest BCUT2D eigenvalue weighted by atomic mass is 10.1. The Balaban J connectivity index is 1.45. The number of aliphatic hydroxyl groups excluding tert-OH is 3. The molecule has 2 aromatic rings. The number of rotatable bonds is 6. The molecule has 12 nitrogen and oxygen atoms in total. The smallest absolute Gasteiger partial charge is 0.337 e. The van der Waals surface area contributed by atoms with Crippen molar-refractivity contribution in [3.05, 3.63) is 47.4 Å². The SMILES string of the molecule is COC(=O)c1cccc(CON2CNc3c(ncn3[C@@H]3O[C@H](CO)[C@@H](O)[C@H]3O)C2=N)c1. The lowest BCUT2D eigenvalue weighted by Gasteiger charge is -2.30. The standard InChI is InChI=1S/C19H23N5O7/c1-29-19(28)11-4-2-3-10(5-11)7-30-24-9-22-17-13(16(24)20)21-8-23(17)18-15(27)14(26)12(6-25)31-18/h2-5,8,12,14-15,18,20,22,25-27H,6-7,9H2,1H3/t12-,14-,15-,18-/m1/s1. The van der Waals surface area contributed by atoms with Gasteiger partial charge >= 0.3 is 5.97 Å². The number of amidine groups is 1. The molecule has 12 heteroatoms. The van der Waals surface area contributed by atoms with Crippen molar-refractivity contribution in [2.75, 3.05) is 25.7 Å². The fourth-order valence-electron chi connectivity index (χ4n) is 3.52. The predicted molar refractivity (Wildman–Crippen MR) is 105 cm³/mol. The van der Waals surface area contributed by atoms with Gasteiger partial charge in [-0.05, 0) is 17.7 Å². The third-order valence-corrected chi connectivity index (χ3v) is 5.18. The summed E-state index contributed by atoms with van der Waals surface area (Å²) in [6, 6.07) is 6.78. The fraction of sp³-hybridized carbons (Fsp3) is 0.421. The van der Waals surface area contributed by atoms with Crippen LogP contribution in [-0.2, 0) is 20.9 Å². The second-order valence-corrected chi connectivity index (χ2v) is 7.11. The number of methoxy groups -OCH3 is 1. The largest absolute Gasteiger partial charge is 0.465 e. The zero-order chi connectivity index (χ0) is 22.1. The Morgan fingerprint density at radius 3 is 2.90 bits per heavy atom. The van der Waals surface area contributed by atoms with Gasteiger partial charge in [0.1, 0.15) is 43.1 Å². The summed E-state index contributed by atoms with van der Waals surface area (Å²) < 4.78 is 11.7. The molecular weight excluding hydrogens is 410 g/mol. The highest BCUT2D eigenvalue weighted by molar-refractivity contribution is 5.99. The van der Waals surface area contributed by atoms with Gasteiger partial charge in [0.25, 0.3) is 0 Å². The molecule has 4 atom stereocenters. The number of hydrogen-bond acceptors (Lipinski definition) is 10. The highest BCUT2D eigenvalue weighted by atomic mass is 16.7. The van der Waals surface area contributed by atoms with Crippen LogP contribution in [0.3, 0.4) is 0 Å². The molecule has 31 heavy (non-hydrogen) atoms. The number of nitrogens with one attached hydrogen (secondary N) is 2. The molecule has 4 rings (SSSR count). The van der Waals surface area contributed by atoms with Gasteiger partial charge in [-0.2, -0.15) is 0 Å². The summed E-state index contributed by atoms with van der Waals surface area (Å²) in [5.74, 6) is -0.0370. The highest BCUT2D eigenvalue weighted by Gasteiger charge is 2.45. The van der Waals surface area contributed by atoms with Crippen LogP contribution in [0.25, 0.3) is 0 Å². The first kappa shape index (κ1) is 21.2. The van der Waals surface area contributed by atoms with E-state index in [0.717, 1.165) is 5.56 Å². The van der Waals surface area contributed by atoms with Crippen molar-refractivity contribution in [3.63, 3.8) is 0 Å². The molecule has 0 aliphatic carbocycles. The number of anilines is 1. The number of fused-ring (bicyclic) bond motifs is 1. The van der Waals surface area contributed by atoms with Crippen LogP contribution in [-0.4, -0.2) is 80.4 Å². The number of esters is 1. The number of aliphatic hydroxyl groups is 3. The Morgan fingerprint density at radius 2 is 2.19 bits per heavy atom. The summed E-state index contributed by atoms with van der Waals surface area (Å²) in [7, 11) is 1.31. The van der Waals surface area contributed by atoms with Gasteiger partial charge in [-0.1, -0.05) is 12.1 Å². The third kappa shape index (κ3) is 3.86. The molecule has 0 bridgehead atoms. The number of carbonyl (C=O) groups excluding carboxylic acids is 1. The molecular formula is C19H23N5O7. The minimum Gasteiger partial charge on any atom is -0.465 e. The Bertz CT molecular complexity index is 980. The van der Waals surface area contributed by atoms with Gasteiger partial charge in [0.05, 0.1) is 25.6 Å². The molecule has 0 amide bonds. The van der Waals surface area contributed by atoms with Crippen LogP contribution in [0.15, 0.2) is 30.6 Å². The number of imidazole rings is 1. The molecule has 1 aromatic heterocycles. The molecule has 5 N–H and O–H groups in total.